The highest BCUT2D eigenvalue weighted by Gasteiger charge is 1.94. The standard InChI is InChI=1S/C11H19N/c1-5-11(12)7-6-10(4)8-9(2)3/h5-7,9H,4,8,12H2,1-3H3/b7-6-,11-5+. The maximum atomic E-state index is 5.59. The summed E-state index contributed by atoms with van der Waals surface area (Å²) in [5.74, 6) is 0.661. The lowest BCUT2D eigenvalue weighted by Gasteiger charge is -2.02. The highest BCUT2D eigenvalue weighted by Crippen LogP contribution is 2.09. The summed E-state index contributed by atoms with van der Waals surface area (Å²) >= 11 is 0. The van der Waals surface area contributed by atoms with E-state index < -0.39 is 0 Å². The van der Waals surface area contributed by atoms with Crippen LogP contribution in [0.15, 0.2) is 36.1 Å². The molecule has 0 aliphatic rings. The molecular formula is C11H19N. The second-order valence-electron chi connectivity index (χ2n) is 3.38. The fraction of sp³-hybridized carbons (Fsp3) is 0.455. The summed E-state index contributed by atoms with van der Waals surface area (Å²) in [4.78, 5) is 0. The van der Waals surface area contributed by atoms with E-state index in [-0.39, 0.29) is 0 Å². The van der Waals surface area contributed by atoms with Crippen LogP contribution in [0.3, 0.4) is 0 Å². The van der Waals surface area contributed by atoms with Gasteiger partial charge in [-0.3, -0.25) is 0 Å². The van der Waals surface area contributed by atoms with Gasteiger partial charge in [-0.15, -0.1) is 0 Å². The highest BCUT2D eigenvalue weighted by molar-refractivity contribution is 5.23. The monoisotopic (exact) mass is 165 g/mol. The Labute approximate surface area is 75.7 Å². The van der Waals surface area contributed by atoms with Gasteiger partial charge < -0.3 is 5.73 Å². The topological polar surface area (TPSA) is 26.0 Å². The summed E-state index contributed by atoms with van der Waals surface area (Å²) in [5, 5.41) is 0. The van der Waals surface area contributed by atoms with Crippen molar-refractivity contribution in [1.29, 1.82) is 0 Å². The van der Waals surface area contributed by atoms with E-state index in [1.54, 1.807) is 0 Å². The van der Waals surface area contributed by atoms with E-state index in [0.29, 0.717) is 5.92 Å². The Morgan fingerprint density at radius 3 is 2.42 bits per heavy atom. The van der Waals surface area contributed by atoms with Crippen LogP contribution in [-0.2, 0) is 0 Å². The van der Waals surface area contributed by atoms with Crippen LogP contribution in [0.25, 0.3) is 0 Å². The van der Waals surface area contributed by atoms with Crippen molar-refractivity contribution in [3.05, 3.63) is 36.1 Å². The van der Waals surface area contributed by atoms with E-state index in [4.69, 9.17) is 5.73 Å². The molecule has 1 heteroatoms. The Morgan fingerprint density at radius 2 is 2.00 bits per heavy atom. The van der Waals surface area contributed by atoms with E-state index in [1.165, 1.54) is 0 Å². The molecule has 0 aliphatic heterocycles. The van der Waals surface area contributed by atoms with Crippen molar-refractivity contribution >= 4 is 0 Å². The summed E-state index contributed by atoms with van der Waals surface area (Å²) in [6, 6.07) is 0. The lowest BCUT2D eigenvalue weighted by molar-refractivity contribution is 0.651. The average molecular weight is 165 g/mol. The molecule has 0 atom stereocenters. The van der Waals surface area contributed by atoms with E-state index >= 15 is 0 Å². The minimum absolute atomic E-state index is 0.661. The Morgan fingerprint density at radius 1 is 1.42 bits per heavy atom. The van der Waals surface area contributed by atoms with E-state index in [9.17, 15) is 0 Å². The van der Waals surface area contributed by atoms with Crippen LogP contribution in [0.4, 0.5) is 0 Å². The quantitative estimate of drug-likeness (QED) is 0.637. The third-order valence-electron chi connectivity index (χ3n) is 1.52. The molecular weight excluding hydrogens is 146 g/mol. The van der Waals surface area contributed by atoms with Gasteiger partial charge >= 0.3 is 0 Å². The highest BCUT2D eigenvalue weighted by atomic mass is 14.5. The largest absolute Gasteiger partial charge is 0.399 e. The molecule has 0 aliphatic carbocycles. The molecule has 0 saturated carbocycles. The van der Waals surface area contributed by atoms with Crippen LogP contribution in [-0.4, -0.2) is 0 Å². The third-order valence-corrected chi connectivity index (χ3v) is 1.52. The first-order valence-corrected chi connectivity index (χ1v) is 4.34. The first-order chi connectivity index (χ1) is 5.56. The van der Waals surface area contributed by atoms with Crippen molar-refractivity contribution in [2.45, 2.75) is 27.2 Å². The molecule has 0 spiro atoms. The second kappa shape index (κ2) is 5.64. The fourth-order valence-electron chi connectivity index (χ4n) is 0.903. The maximum Gasteiger partial charge on any atom is 0.0270 e. The zero-order chi connectivity index (χ0) is 9.56. The summed E-state index contributed by atoms with van der Waals surface area (Å²) in [5.41, 5.74) is 7.51. The number of allylic oxidation sites excluding steroid dienone is 4. The molecule has 0 amide bonds. The van der Waals surface area contributed by atoms with Crippen molar-refractivity contribution in [3.8, 4) is 0 Å². The predicted octanol–water partition coefficient (Wildman–Crippen LogP) is 3.01. The molecule has 68 valence electrons. The van der Waals surface area contributed by atoms with Crippen LogP contribution >= 0.6 is 0 Å². The molecule has 0 heterocycles. The molecule has 0 radical (unpaired) electrons. The van der Waals surface area contributed by atoms with Gasteiger partial charge in [0, 0.05) is 5.70 Å². The van der Waals surface area contributed by atoms with Crippen molar-refractivity contribution in [3.63, 3.8) is 0 Å². The van der Waals surface area contributed by atoms with Gasteiger partial charge in [-0.1, -0.05) is 38.2 Å². The number of hydrogen-bond acceptors (Lipinski definition) is 1. The summed E-state index contributed by atoms with van der Waals surface area (Å²) in [6.45, 7) is 10.2. The lowest BCUT2D eigenvalue weighted by Crippen LogP contribution is -1.92. The minimum atomic E-state index is 0.661. The minimum Gasteiger partial charge on any atom is -0.399 e. The van der Waals surface area contributed by atoms with E-state index in [2.05, 4.69) is 20.4 Å². The van der Waals surface area contributed by atoms with E-state index in [1.807, 2.05) is 25.2 Å². The van der Waals surface area contributed by atoms with Gasteiger partial charge in [0.1, 0.15) is 0 Å². The van der Waals surface area contributed by atoms with Crippen molar-refractivity contribution in [2.24, 2.45) is 11.7 Å². The molecule has 0 aromatic heterocycles. The summed E-state index contributed by atoms with van der Waals surface area (Å²) < 4.78 is 0. The smallest absolute Gasteiger partial charge is 0.0270 e. The summed E-state index contributed by atoms with van der Waals surface area (Å²) in [6.07, 6.45) is 6.78. The molecule has 0 aromatic carbocycles. The van der Waals surface area contributed by atoms with E-state index in [0.717, 1.165) is 17.7 Å². The number of rotatable bonds is 4. The average Bonchev–Trinajstić information content (AvgIpc) is 1.99. The van der Waals surface area contributed by atoms with Crippen LogP contribution in [0.2, 0.25) is 0 Å². The van der Waals surface area contributed by atoms with Crippen LogP contribution in [0, 0.1) is 5.92 Å². The first-order valence-electron chi connectivity index (χ1n) is 4.34. The molecule has 0 unspecified atom stereocenters. The fourth-order valence-corrected chi connectivity index (χ4v) is 0.903. The molecule has 0 bridgehead atoms. The Balaban J connectivity index is 3.92. The zero-order valence-electron chi connectivity index (χ0n) is 8.30. The van der Waals surface area contributed by atoms with Gasteiger partial charge in [-0.25, -0.2) is 0 Å². The van der Waals surface area contributed by atoms with Crippen LogP contribution < -0.4 is 5.73 Å². The Hall–Kier alpha value is -0.980. The predicted molar refractivity (Wildman–Crippen MR) is 55.7 cm³/mol. The van der Waals surface area contributed by atoms with Gasteiger partial charge in [-0.05, 0) is 25.3 Å². The first kappa shape index (κ1) is 11.0. The zero-order valence-corrected chi connectivity index (χ0v) is 8.30. The van der Waals surface area contributed by atoms with Gasteiger partial charge in [0.15, 0.2) is 0 Å². The van der Waals surface area contributed by atoms with Gasteiger partial charge in [0.25, 0.3) is 0 Å². The number of nitrogens with two attached hydrogens (primary N) is 1. The van der Waals surface area contributed by atoms with Crippen LogP contribution in [0.1, 0.15) is 27.2 Å². The number of hydrogen-bond donors (Lipinski definition) is 1. The molecule has 0 rings (SSSR count). The molecule has 0 aromatic rings. The maximum absolute atomic E-state index is 5.59. The molecule has 0 saturated heterocycles. The van der Waals surface area contributed by atoms with Gasteiger partial charge in [0.2, 0.25) is 0 Å². The van der Waals surface area contributed by atoms with Gasteiger partial charge in [0.05, 0.1) is 0 Å². The Kier molecular flexibility index (Phi) is 5.18. The molecule has 1 nitrogen and oxygen atoms in total. The molecule has 0 fully saturated rings. The van der Waals surface area contributed by atoms with Gasteiger partial charge in [-0.2, -0.15) is 0 Å². The third kappa shape index (κ3) is 5.78. The SMILES string of the molecule is C=C(/C=C\C(N)=C/C)CC(C)C. The van der Waals surface area contributed by atoms with Crippen LogP contribution in [0.5, 0.6) is 0 Å². The van der Waals surface area contributed by atoms with Crippen molar-refractivity contribution < 1.29 is 0 Å². The normalized spacial score (nSPS) is 12.8. The second-order valence-corrected chi connectivity index (χ2v) is 3.38. The van der Waals surface area contributed by atoms with Crippen molar-refractivity contribution in [2.75, 3.05) is 0 Å². The molecule has 12 heavy (non-hydrogen) atoms. The summed E-state index contributed by atoms with van der Waals surface area (Å²) in [7, 11) is 0. The van der Waals surface area contributed by atoms with Crippen molar-refractivity contribution in [1.82, 2.24) is 0 Å². The molecule has 2 N–H and O–H groups in total. The lowest BCUT2D eigenvalue weighted by atomic mass is 10.0. The Bertz CT molecular complexity index is 197.